The van der Waals surface area contributed by atoms with Crippen molar-refractivity contribution in [2.45, 2.75) is 11.5 Å². The molecule has 0 heterocycles. The molecule has 0 aliphatic heterocycles. The highest BCUT2D eigenvalue weighted by Gasteiger charge is 2.04. The molecule has 0 amide bonds. The zero-order chi connectivity index (χ0) is 13.7. The molecule has 19 heavy (non-hydrogen) atoms. The van der Waals surface area contributed by atoms with Gasteiger partial charge in [-0.15, -0.1) is 0 Å². The second-order valence-corrected chi connectivity index (χ2v) is 5.46. The van der Waals surface area contributed by atoms with Crippen LogP contribution >= 0.6 is 23.4 Å². The quantitative estimate of drug-likeness (QED) is 0.809. The van der Waals surface area contributed by atoms with E-state index in [4.69, 9.17) is 16.9 Å². The van der Waals surface area contributed by atoms with Gasteiger partial charge in [0, 0.05) is 16.5 Å². The Morgan fingerprint density at radius 3 is 2.53 bits per heavy atom. The van der Waals surface area contributed by atoms with E-state index in [1.54, 1.807) is 17.8 Å². The maximum atomic E-state index is 13.5. The van der Waals surface area contributed by atoms with Gasteiger partial charge in [0.2, 0.25) is 0 Å². The van der Waals surface area contributed by atoms with Crippen LogP contribution in [0.15, 0.2) is 42.5 Å². The van der Waals surface area contributed by atoms with Crippen LogP contribution in [0.1, 0.15) is 16.7 Å². The van der Waals surface area contributed by atoms with Gasteiger partial charge in [-0.3, -0.25) is 0 Å². The molecule has 0 aliphatic rings. The highest BCUT2D eigenvalue weighted by Crippen LogP contribution is 2.21. The average molecular weight is 292 g/mol. The van der Waals surface area contributed by atoms with Crippen molar-refractivity contribution in [1.82, 2.24) is 0 Å². The Morgan fingerprint density at radius 2 is 1.84 bits per heavy atom. The molecule has 0 aromatic heterocycles. The lowest BCUT2D eigenvalue weighted by Gasteiger charge is -2.04. The fraction of sp³-hybridized carbons (Fsp3) is 0.133. The summed E-state index contributed by atoms with van der Waals surface area (Å²) in [6, 6.07) is 14.0. The van der Waals surface area contributed by atoms with Crippen molar-refractivity contribution in [3.05, 3.63) is 70.0 Å². The number of nitrogens with zero attached hydrogens (tertiary/aromatic N) is 1. The summed E-state index contributed by atoms with van der Waals surface area (Å²) in [6.45, 7) is 0. The minimum atomic E-state index is -0.261. The third-order valence-corrected chi connectivity index (χ3v) is 3.92. The lowest BCUT2D eigenvalue weighted by molar-refractivity contribution is 0.617. The number of thioether (sulfide) groups is 1. The predicted octanol–water partition coefficient (Wildman–Crippen LogP) is 4.78. The smallest absolute Gasteiger partial charge is 0.127 e. The number of halogens is 2. The van der Waals surface area contributed by atoms with Crippen molar-refractivity contribution in [2.24, 2.45) is 0 Å². The van der Waals surface area contributed by atoms with Gasteiger partial charge in [0.1, 0.15) is 5.82 Å². The number of benzene rings is 2. The molecule has 0 bridgehead atoms. The zero-order valence-corrected chi connectivity index (χ0v) is 11.6. The van der Waals surface area contributed by atoms with E-state index >= 15 is 0 Å². The fourth-order valence-corrected chi connectivity index (χ4v) is 2.71. The Morgan fingerprint density at radius 1 is 1.11 bits per heavy atom. The molecule has 0 unspecified atom stereocenters. The van der Waals surface area contributed by atoms with Crippen LogP contribution in [0.4, 0.5) is 4.39 Å². The third kappa shape index (κ3) is 3.99. The summed E-state index contributed by atoms with van der Waals surface area (Å²) in [5.41, 5.74) is 2.20. The molecule has 96 valence electrons. The molecule has 0 saturated heterocycles. The first-order valence-corrected chi connectivity index (χ1v) is 7.23. The first-order chi connectivity index (χ1) is 9.19. The molecule has 0 N–H and O–H groups in total. The average Bonchev–Trinajstić information content (AvgIpc) is 2.43. The molecule has 2 aromatic rings. The fourth-order valence-electron chi connectivity index (χ4n) is 1.61. The number of hydrogen-bond donors (Lipinski definition) is 0. The molecule has 0 saturated carbocycles. The predicted molar refractivity (Wildman–Crippen MR) is 77.6 cm³/mol. The maximum absolute atomic E-state index is 13.5. The highest BCUT2D eigenvalue weighted by atomic mass is 35.5. The summed E-state index contributed by atoms with van der Waals surface area (Å²) in [5, 5.41) is 9.50. The standard InChI is InChI=1S/C15H11ClFNS/c16-14-4-1-11(2-5-14)9-19-10-13-7-12(8-18)3-6-15(13)17/h1-7H,9-10H2. The van der Waals surface area contributed by atoms with E-state index < -0.39 is 0 Å². The number of rotatable bonds is 4. The Bertz CT molecular complexity index is 605. The van der Waals surface area contributed by atoms with Gasteiger partial charge >= 0.3 is 0 Å². The van der Waals surface area contributed by atoms with Crippen molar-refractivity contribution in [3.63, 3.8) is 0 Å². The summed E-state index contributed by atoms with van der Waals surface area (Å²) in [6.07, 6.45) is 0. The summed E-state index contributed by atoms with van der Waals surface area (Å²) in [4.78, 5) is 0. The molecule has 0 spiro atoms. The molecule has 0 aliphatic carbocycles. The molecule has 1 nitrogen and oxygen atoms in total. The molecule has 0 radical (unpaired) electrons. The Balaban J connectivity index is 1.96. The van der Waals surface area contributed by atoms with E-state index in [-0.39, 0.29) is 5.82 Å². The van der Waals surface area contributed by atoms with Crippen LogP contribution in [0.25, 0.3) is 0 Å². The summed E-state index contributed by atoms with van der Waals surface area (Å²) < 4.78 is 13.5. The molecule has 0 fully saturated rings. The lowest BCUT2D eigenvalue weighted by atomic mass is 10.1. The molecule has 0 atom stereocenters. The van der Waals surface area contributed by atoms with Gasteiger partial charge in [0.25, 0.3) is 0 Å². The van der Waals surface area contributed by atoms with E-state index in [1.165, 1.54) is 12.1 Å². The highest BCUT2D eigenvalue weighted by molar-refractivity contribution is 7.97. The normalized spacial score (nSPS) is 10.2. The summed E-state index contributed by atoms with van der Waals surface area (Å²) in [7, 11) is 0. The Kier molecular flexibility index (Phi) is 4.84. The zero-order valence-electron chi connectivity index (χ0n) is 10.1. The van der Waals surface area contributed by atoms with Crippen molar-refractivity contribution >= 4 is 23.4 Å². The summed E-state index contributed by atoms with van der Waals surface area (Å²) in [5.74, 6) is 1.07. The van der Waals surface area contributed by atoms with Gasteiger partial charge in [-0.05, 0) is 41.5 Å². The van der Waals surface area contributed by atoms with Gasteiger partial charge in [0.05, 0.1) is 11.6 Å². The molecular weight excluding hydrogens is 281 g/mol. The van der Waals surface area contributed by atoms with Crippen molar-refractivity contribution in [1.29, 1.82) is 5.26 Å². The largest absolute Gasteiger partial charge is 0.207 e. The minimum absolute atomic E-state index is 0.261. The number of nitriles is 1. The van der Waals surface area contributed by atoms with E-state index in [1.807, 2.05) is 30.3 Å². The van der Waals surface area contributed by atoms with Crippen molar-refractivity contribution in [3.8, 4) is 6.07 Å². The Hall–Kier alpha value is -1.50. The second kappa shape index (κ2) is 6.60. The van der Waals surface area contributed by atoms with Crippen LogP contribution in [0, 0.1) is 17.1 Å². The topological polar surface area (TPSA) is 23.8 Å². The molecular formula is C15H11ClFNS. The van der Waals surface area contributed by atoms with Gasteiger partial charge in [-0.1, -0.05) is 23.7 Å². The Labute approximate surface area is 121 Å². The van der Waals surface area contributed by atoms with E-state index in [2.05, 4.69) is 0 Å². The molecule has 4 heteroatoms. The van der Waals surface area contributed by atoms with Gasteiger partial charge in [0.15, 0.2) is 0 Å². The van der Waals surface area contributed by atoms with Gasteiger partial charge in [-0.2, -0.15) is 17.0 Å². The van der Waals surface area contributed by atoms with E-state index in [9.17, 15) is 4.39 Å². The lowest BCUT2D eigenvalue weighted by Crippen LogP contribution is -1.90. The van der Waals surface area contributed by atoms with Crippen LogP contribution in [-0.2, 0) is 11.5 Å². The maximum Gasteiger partial charge on any atom is 0.127 e. The monoisotopic (exact) mass is 291 g/mol. The van der Waals surface area contributed by atoms with Crippen LogP contribution in [0.3, 0.4) is 0 Å². The van der Waals surface area contributed by atoms with E-state index in [0.29, 0.717) is 21.9 Å². The van der Waals surface area contributed by atoms with Crippen LogP contribution in [-0.4, -0.2) is 0 Å². The minimum Gasteiger partial charge on any atom is -0.207 e. The second-order valence-electron chi connectivity index (χ2n) is 4.04. The van der Waals surface area contributed by atoms with E-state index in [0.717, 1.165) is 11.3 Å². The van der Waals surface area contributed by atoms with Crippen molar-refractivity contribution in [2.75, 3.05) is 0 Å². The van der Waals surface area contributed by atoms with Gasteiger partial charge < -0.3 is 0 Å². The van der Waals surface area contributed by atoms with Crippen LogP contribution in [0.2, 0.25) is 5.02 Å². The molecule has 2 rings (SSSR count). The SMILES string of the molecule is N#Cc1ccc(F)c(CSCc2ccc(Cl)cc2)c1. The van der Waals surface area contributed by atoms with Crippen LogP contribution < -0.4 is 0 Å². The summed E-state index contributed by atoms with van der Waals surface area (Å²) >= 11 is 7.41. The van der Waals surface area contributed by atoms with Crippen LogP contribution in [0.5, 0.6) is 0 Å². The first kappa shape index (κ1) is 13.9. The third-order valence-electron chi connectivity index (χ3n) is 2.61. The van der Waals surface area contributed by atoms with Crippen molar-refractivity contribution < 1.29 is 4.39 Å². The first-order valence-electron chi connectivity index (χ1n) is 5.70. The van der Waals surface area contributed by atoms with Gasteiger partial charge in [-0.25, -0.2) is 4.39 Å². The number of hydrogen-bond acceptors (Lipinski definition) is 2. The molecule has 2 aromatic carbocycles.